The summed E-state index contributed by atoms with van der Waals surface area (Å²) in [5.41, 5.74) is 2.10. The van der Waals surface area contributed by atoms with E-state index in [1.54, 1.807) is 0 Å². The third kappa shape index (κ3) is 2.39. The van der Waals surface area contributed by atoms with Gasteiger partial charge in [-0.1, -0.05) is 36.4 Å². The molecule has 0 N–H and O–H groups in total. The highest BCUT2D eigenvalue weighted by Crippen LogP contribution is 2.32. The minimum absolute atomic E-state index is 0.130. The summed E-state index contributed by atoms with van der Waals surface area (Å²) in [5, 5.41) is 18.7. The molecule has 1 aliphatic rings. The van der Waals surface area contributed by atoms with Gasteiger partial charge in [-0.25, -0.2) is 0 Å². The van der Waals surface area contributed by atoms with Crippen LogP contribution in [0.15, 0.2) is 72.1 Å². The van der Waals surface area contributed by atoms with E-state index < -0.39 is 0 Å². The van der Waals surface area contributed by atoms with Crippen LogP contribution < -0.4 is 9.80 Å². The van der Waals surface area contributed by atoms with E-state index in [0.717, 1.165) is 24.5 Å². The third-order valence-corrected chi connectivity index (χ3v) is 3.64. The second-order valence-electron chi connectivity index (χ2n) is 4.90. The summed E-state index contributed by atoms with van der Waals surface area (Å²) in [6, 6.07) is 23.7. The monoisotopic (exact) mass is 286 g/mol. The lowest BCUT2D eigenvalue weighted by Gasteiger charge is -2.25. The summed E-state index contributed by atoms with van der Waals surface area (Å²) in [6.45, 7) is 1.47. The van der Waals surface area contributed by atoms with E-state index in [1.807, 2.05) is 82.6 Å². The van der Waals surface area contributed by atoms with Gasteiger partial charge in [0.25, 0.3) is 0 Å². The Morgan fingerprint density at radius 3 is 1.50 bits per heavy atom. The maximum Gasteiger partial charge on any atom is 0.170 e. The van der Waals surface area contributed by atoms with Gasteiger partial charge in [0.15, 0.2) is 5.57 Å². The van der Waals surface area contributed by atoms with Crippen LogP contribution in [0.2, 0.25) is 0 Å². The van der Waals surface area contributed by atoms with E-state index in [2.05, 4.69) is 0 Å². The van der Waals surface area contributed by atoms with Crippen molar-refractivity contribution in [2.75, 3.05) is 22.9 Å². The second-order valence-corrected chi connectivity index (χ2v) is 4.90. The number of allylic oxidation sites excluding steroid dienone is 1. The minimum Gasteiger partial charge on any atom is -0.324 e. The highest BCUT2D eigenvalue weighted by molar-refractivity contribution is 5.68. The Morgan fingerprint density at radius 2 is 1.14 bits per heavy atom. The van der Waals surface area contributed by atoms with E-state index in [4.69, 9.17) is 0 Å². The summed E-state index contributed by atoms with van der Waals surface area (Å²) in [5.74, 6) is 0.655. The molecule has 0 unspecified atom stereocenters. The van der Waals surface area contributed by atoms with Crippen LogP contribution in [0, 0.1) is 22.7 Å². The van der Waals surface area contributed by atoms with Gasteiger partial charge in [-0.3, -0.25) is 0 Å². The van der Waals surface area contributed by atoms with E-state index in [0.29, 0.717) is 5.82 Å². The Balaban J connectivity index is 2.10. The van der Waals surface area contributed by atoms with Gasteiger partial charge in [-0.2, -0.15) is 10.5 Å². The highest BCUT2D eigenvalue weighted by Gasteiger charge is 2.30. The van der Waals surface area contributed by atoms with Crippen LogP contribution in [0.25, 0.3) is 0 Å². The third-order valence-electron chi connectivity index (χ3n) is 3.64. The molecule has 0 aromatic heterocycles. The molecule has 0 spiro atoms. The van der Waals surface area contributed by atoms with Crippen molar-refractivity contribution >= 4 is 11.4 Å². The Kier molecular flexibility index (Phi) is 3.76. The molecule has 1 aliphatic heterocycles. The summed E-state index contributed by atoms with van der Waals surface area (Å²) in [6.07, 6.45) is 0. The molecule has 4 heteroatoms. The van der Waals surface area contributed by atoms with Crippen molar-refractivity contribution in [3.05, 3.63) is 72.1 Å². The van der Waals surface area contributed by atoms with Crippen molar-refractivity contribution in [2.24, 2.45) is 0 Å². The molecule has 106 valence electrons. The first kappa shape index (κ1) is 13.7. The van der Waals surface area contributed by atoms with Gasteiger partial charge in [0.2, 0.25) is 0 Å². The zero-order valence-corrected chi connectivity index (χ0v) is 12.0. The molecule has 1 fully saturated rings. The lowest BCUT2D eigenvalue weighted by Crippen LogP contribution is -2.24. The molecule has 0 radical (unpaired) electrons. The van der Waals surface area contributed by atoms with Gasteiger partial charge in [0.05, 0.1) is 0 Å². The Bertz CT molecular complexity index is 701. The van der Waals surface area contributed by atoms with E-state index in [1.165, 1.54) is 0 Å². The van der Waals surface area contributed by atoms with Crippen LogP contribution in [0.3, 0.4) is 0 Å². The van der Waals surface area contributed by atoms with Crippen LogP contribution in [0.1, 0.15) is 0 Å². The van der Waals surface area contributed by atoms with Gasteiger partial charge in [-0.05, 0) is 24.3 Å². The molecule has 4 nitrogen and oxygen atoms in total. The molecule has 0 saturated carbocycles. The van der Waals surface area contributed by atoms with Gasteiger partial charge >= 0.3 is 0 Å². The number of hydrogen-bond acceptors (Lipinski definition) is 4. The van der Waals surface area contributed by atoms with E-state index in [-0.39, 0.29) is 5.57 Å². The van der Waals surface area contributed by atoms with E-state index in [9.17, 15) is 10.5 Å². The van der Waals surface area contributed by atoms with Gasteiger partial charge in [0.1, 0.15) is 18.0 Å². The van der Waals surface area contributed by atoms with Crippen molar-refractivity contribution in [2.45, 2.75) is 0 Å². The predicted molar refractivity (Wildman–Crippen MR) is 85.8 cm³/mol. The molecule has 0 aliphatic carbocycles. The molecule has 2 aromatic rings. The molecule has 3 rings (SSSR count). The molecule has 0 atom stereocenters. The number of para-hydroxylation sites is 2. The standard InChI is InChI=1S/C18H14N4/c19-13-15(14-20)18-21(16-7-3-1-4-8-16)11-12-22(18)17-9-5-2-6-10-17/h1-10H,11-12H2. The summed E-state index contributed by atoms with van der Waals surface area (Å²) in [4.78, 5) is 4.05. The fourth-order valence-corrected chi connectivity index (χ4v) is 2.67. The molecular weight excluding hydrogens is 272 g/mol. The smallest absolute Gasteiger partial charge is 0.170 e. The van der Waals surface area contributed by atoms with Crippen molar-refractivity contribution in [1.29, 1.82) is 10.5 Å². The quantitative estimate of drug-likeness (QED) is 0.795. The van der Waals surface area contributed by atoms with Gasteiger partial charge in [-0.15, -0.1) is 0 Å². The zero-order chi connectivity index (χ0) is 15.4. The first-order valence-electron chi connectivity index (χ1n) is 7.05. The van der Waals surface area contributed by atoms with Crippen LogP contribution in [-0.4, -0.2) is 13.1 Å². The summed E-state index contributed by atoms with van der Waals surface area (Å²) < 4.78 is 0. The Hall–Kier alpha value is -3.24. The van der Waals surface area contributed by atoms with Gasteiger partial charge < -0.3 is 9.80 Å². The number of rotatable bonds is 2. The average molecular weight is 286 g/mol. The number of anilines is 2. The van der Waals surface area contributed by atoms with Crippen LogP contribution >= 0.6 is 0 Å². The Morgan fingerprint density at radius 1 is 0.727 bits per heavy atom. The number of hydrogen-bond donors (Lipinski definition) is 0. The molecule has 1 heterocycles. The van der Waals surface area contributed by atoms with Crippen LogP contribution in [-0.2, 0) is 0 Å². The number of nitriles is 2. The van der Waals surface area contributed by atoms with Crippen molar-refractivity contribution < 1.29 is 0 Å². The largest absolute Gasteiger partial charge is 0.324 e. The van der Waals surface area contributed by atoms with Crippen molar-refractivity contribution in [3.63, 3.8) is 0 Å². The minimum atomic E-state index is 0.130. The fraction of sp³-hybridized carbons (Fsp3) is 0.111. The zero-order valence-electron chi connectivity index (χ0n) is 12.0. The lowest BCUT2D eigenvalue weighted by atomic mass is 10.2. The van der Waals surface area contributed by atoms with Gasteiger partial charge in [0, 0.05) is 24.5 Å². The summed E-state index contributed by atoms with van der Waals surface area (Å²) in [7, 11) is 0. The topological polar surface area (TPSA) is 54.1 Å². The average Bonchev–Trinajstić information content (AvgIpc) is 3.02. The van der Waals surface area contributed by atoms with Crippen molar-refractivity contribution in [1.82, 2.24) is 0 Å². The predicted octanol–water partition coefficient (Wildman–Crippen LogP) is 3.27. The normalized spacial score (nSPS) is 13.6. The molecule has 1 saturated heterocycles. The molecule has 2 aromatic carbocycles. The SMILES string of the molecule is N#CC(C#N)=C1N(c2ccccc2)CCN1c1ccccc1. The molecule has 0 bridgehead atoms. The highest BCUT2D eigenvalue weighted by atomic mass is 15.4. The summed E-state index contributed by atoms with van der Waals surface area (Å²) >= 11 is 0. The number of benzene rings is 2. The maximum absolute atomic E-state index is 9.33. The molecular formula is C18H14N4. The fourth-order valence-electron chi connectivity index (χ4n) is 2.67. The maximum atomic E-state index is 9.33. The second kappa shape index (κ2) is 6.03. The van der Waals surface area contributed by atoms with Crippen LogP contribution in [0.4, 0.5) is 11.4 Å². The molecule has 0 amide bonds. The Labute approximate surface area is 129 Å². The first-order chi connectivity index (χ1) is 10.8. The van der Waals surface area contributed by atoms with E-state index >= 15 is 0 Å². The first-order valence-corrected chi connectivity index (χ1v) is 7.05. The van der Waals surface area contributed by atoms with Crippen molar-refractivity contribution in [3.8, 4) is 12.1 Å². The number of nitrogens with zero attached hydrogens (tertiary/aromatic N) is 4. The lowest BCUT2D eigenvalue weighted by molar-refractivity contribution is 1.02. The molecule has 22 heavy (non-hydrogen) atoms. The van der Waals surface area contributed by atoms with Crippen LogP contribution in [0.5, 0.6) is 0 Å².